The standard InChI is InChI=1S/2C4H10.2C3H8.C3H6.8C2H6.2C2H4.H2/c1-4(2)3;1-3-4-2;3*1-3-2;10*1-2;/h4H,1-3H3;3-4H2,1-2H3;2*3H2,1-2H3;3H,1H2,2H3;8*1-2H3;2*1-2H2;1H. The zero-order valence-electron chi connectivity index (χ0n) is 33.5. The molecule has 0 fully saturated rings. The van der Waals surface area contributed by atoms with E-state index in [4.69, 9.17) is 0 Å². The Bertz CT molecular complexity index is 80.0. The van der Waals surface area contributed by atoms with Crippen molar-refractivity contribution in [3.05, 3.63) is 39.0 Å². The summed E-state index contributed by atoms with van der Waals surface area (Å²) in [4.78, 5) is 0. The maximum atomic E-state index is 3.36. The molecule has 0 radical (unpaired) electrons. The Morgan fingerprint density at radius 3 is 0.459 bits per heavy atom. The summed E-state index contributed by atoms with van der Waals surface area (Å²) in [5, 5.41) is 0. The lowest BCUT2D eigenvalue weighted by molar-refractivity contribution is 0.737. The Hall–Kier alpha value is -0.780. The van der Waals surface area contributed by atoms with Crippen LogP contribution < -0.4 is 0 Å². The molecule has 0 aliphatic rings. The number of hydrogen-bond donors (Lipinski definition) is 0. The van der Waals surface area contributed by atoms with Gasteiger partial charge < -0.3 is 0 Å². The number of allylic oxidation sites excluding steroid dienone is 1. The van der Waals surface area contributed by atoms with Gasteiger partial charge in [0.2, 0.25) is 0 Å². The van der Waals surface area contributed by atoms with E-state index in [9.17, 15) is 0 Å². The van der Waals surface area contributed by atoms with Crippen molar-refractivity contribution in [2.45, 2.75) is 206 Å². The van der Waals surface area contributed by atoms with Crippen molar-refractivity contribution in [2.75, 3.05) is 0 Å². The van der Waals surface area contributed by atoms with E-state index in [0.717, 1.165) is 5.92 Å². The minimum Gasteiger partial charge on any atom is -0.106 e. The molecule has 0 N–H and O–H groups in total. The first kappa shape index (κ1) is 99.8. The lowest BCUT2D eigenvalue weighted by Crippen LogP contribution is -1.66. The van der Waals surface area contributed by atoms with E-state index in [0.29, 0.717) is 0 Å². The monoisotopic (exact) mass is 545 g/mol. The predicted molar refractivity (Wildman–Crippen MR) is 204 cm³/mol. The molecule has 0 aromatic carbocycles. The van der Waals surface area contributed by atoms with Crippen molar-refractivity contribution >= 4 is 0 Å². The molecule has 37 heavy (non-hydrogen) atoms. The molecule has 0 atom stereocenters. The van der Waals surface area contributed by atoms with E-state index in [2.05, 4.69) is 95.2 Å². The third-order valence-corrected chi connectivity index (χ3v) is 0.500. The van der Waals surface area contributed by atoms with Gasteiger partial charge in [0, 0.05) is 1.43 Å². The molecule has 248 valence electrons. The van der Waals surface area contributed by atoms with Crippen LogP contribution in [0, 0.1) is 5.92 Å². The van der Waals surface area contributed by atoms with Crippen LogP contribution in [0.4, 0.5) is 0 Å². The molecule has 0 aliphatic carbocycles. The van der Waals surface area contributed by atoms with Gasteiger partial charge in [0.25, 0.3) is 0 Å². The van der Waals surface area contributed by atoms with E-state index >= 15 is 0 Å². The van der Waals surface area contributed by atoms with Gasteiger partial charge in [-0.05, 0) is 12.8 Å². The van der Waals surface area contributed by atoms with Gasteiger partial charge in [-0.3, -0.25) is 0 Å². The van der Waals surface area contributed by atoms with Crippen molar-refractivity contribution < 1.29 is 1.43 Å². The summed E-state index contributed by atoms with van der Waals surface area (Å²) in [5.41, 5.74) is 0. The van der Waals surface area contributed by atoms with Gasteiger partial charge in [-0.2, -0.15) is 0 Å². The highest BCUT2D eigenvalue weighted by atomic mass is 13.7. The van der Waals surface area contributed by atoms with Crippen LogP contribution in [0.25, 0.3) is 0 Å². The Morgan fingerprint density at radius 1 is 0.432 bits per heavy atom. The van der Waals surface area contributed by atoms with Crippen LogP contribution in [0.2, 0.25) is 0 Å². The van der Waals surface area contributed by atoms with Crippen molar-refractivity contribution in [3.8, 4) is 0 Å². The summed E-state index contributed by atoms with van der Waals surface area (Å²) in [6.45, 7) is 68.6. The second kappa shape index (κ2) is 791. The molecular formula is C37H100. The quantitative estimate of drug-likeness (QED) is 0.288. The van der Waals surface area contributed by atoms with Gasteiger partial charge in [0.1, 0.15) is 0 Å². The maximum Gasteiger partial charge on any atom is 0 e. The summed E-state index contributed by atoms with van der Waals surface area (Å²) in [5.74, 6) is 0.833. The molecule has 0 aromatic rings. The van der Waals surface area contributed by atoms with Gasteiger partial charge in [-0.15, -0.1) is 32.9 Å². The minimum absolute atomic E-state index is 0. The molecule has 0 saturated heterocycles. The van der Waals surface area contributed by atoms with Gasteiger partial charge in [-0.25, -0.2) is 0 Å². The Labute approximate surface area is 251 Å². The third kappa shape index (κ3) is 803000. The fourth-order valence-corrected chi connectivity index (χ4v) is 0. The average molecular weight is 545 g/mol. The Morgan fingerprint density at radius 2 is 0.459 bits per heavy atom. The van der Waals surface area contributed by atoms with Gasteiger partial charge in [0.05, 0.1) is 0 Å². The highest BCUT2D eigenvalue weighted by Crippen LogP contribution is 1.81. The van der Waals surface area contributed by atoms with Crippen LogP contribution in [0.5, 0.6) is 0 Å². The van der Waals surface area contributed by atoms with Crippen molar-refractivity contribution in [3.63, 3.8) is 0 Å². The predicted octanol–water partition coefficient (Wildman–Crippen LogP) is 17.6. The van der Waals surface area contributed by atoms with Crippen LogP contribution in [0.1, 0.15) is 207 Å². The topological polar surface area (TPSA) is 0 Å². The molecule has 0 heterocycles. The van der Waals surface area contributed by atoms with E-state index in [1.807, 2.05) is 118 Å². The summed E-state index contributed by atoms with van der Waals surface area (Å²) >= 11 is 0. The third-order valence-electron chi connectivity index (χ3n) is 0.500. The largest absolute Gasteiger partial charge is 0.106 e. The van der Waals surface area contributed by atoms with Gasteiger partial charge >= 0.3 is 0 Å². The lowest BCUT2D eigenvalue weighted by atomic mass is 10.3. The Kier molecular flexibility index (Phi) is 2130. The highest BCUT2D eigenvalue weighted by molar-refractivity contribution is 4.51. The molecule has 0 spiro atoms. The molecule has 0 aromatic heterocycles. The SMILES string of the molecule is C=C.C=C.C=CC.CC.CC.CC.CC.CC.CC.CC.CC.CC(C)C.CCC.CCC.CCCC.[HH]. The average Bonchev–Trinajstić information content (AvgIpc) is 3.00. The number of hydrogen-bond acceptors (Lipinski definition) is 0. The molecule has 0 aliphatic heterocycles. The van der Waals surface area contributed by atoms with Crippen LogP contribution >= 0.6 is 0 Å². The summed E-state index contributed by atoms with van der Waals surface area (Å²) in [7, 11) is 0. The molecule has 0 amide bonds. The number of unbranched alkanes of at least 4 members (excludes halogenated alkanes) is 1. The van der Waals surface area contributed by atoms with E-state index in [1.165, 1.54) is 25.7 Å². The number of rotatable bonds is 1. The minimum atomic E-state index is 0. The second-order valence-corrected chi connectivity index (χ2v) is 4.55. The summed E-state index contributed by atoms with van der Waals surface area (Å²) in [6.07, 6.45) is 6.89. The first-order valence-electron chi connectivity index (χ1n) is 16.5. The van der Waals surface area contributed by atoms with Crippen LogP contribution in [0.3, 0.4) is 0 Å². The zero-order chi connectivity index (χ0) is 35.1. The smallest absolute Gasteiger partial charge is 0 e. The molecular weight excluding hydrogens is 444 g/mol. The van der Waals surface area contributed by atoms with Gasteiger partial charge in [-0.1, -0.05) is 205 Å². The fourth-order valence-electron chi connectivity index (χ4n) is 0. The molecule has 0 heteroatoms. The van der Waals surface area contributed by atoms with Crippen molar-refractivity contribution in [1.29, 1.82) is 0 Å². The Balaban J connectivity index is -0.00000000983. The van der Waals surface area contributed by atoms with Crippen LogP contribution in [0.15, 0.2) is 39.0 Å². The summed E-state index contributed by atoms with van der Waals surface area (Å²) < 4.78 is 0. The molecule has 0 nitrogen and oxygen atoms in total. The summed E-state index contributed by atoms with van der Waals surface area (Å²) in [6, 6.07) is 0. The maximum absolute atomic E-state index is 3.36. The lowest BCUT2D eigenvalue weighted by Gasteiger charge is -1.79. The van der Waals surface area contributed by atoms with Crippen LogP contribution in [-0.2, 0) is 0 Å². The first-order chi connectivity index (χ1) is 17.9. The molecule has 0 rings (SSSR count). The van der Waals surface area contributed by atoms with E-state index < -0.39 is 0 Å². The second-order valence-electron chi connectivity index (χ2n) is 4.55. The van der Waals surface area contributed by atoms with E-state index in [1.54, 1.807) is 6.08 Å². The molecule has 0 saturated carbocycles. The molecule has 0 bridgehead atoms. The highest BCUT2D eigenvalue weighted by Gasteiger charge is 1.68. The fraction of sp³-hybridized carbons (Fsp3) is 0.838. The van der Waals surface area contributed by atoms with E-state index in [-0.39, 0.29) is 1.43 Å². The van der Waals surface area contributed by atoms with Gasteiger partial charge in [0.15, 0.2) is 0 Å². The van der Waals surface area contributed by atoms with Crippen molar-refractivity contribution in [2.24, 2.45) is 5.92 Å². The normalized spacial score (nSPS) is 4.62. The zero-order valence-corrected chi connectivity index (χ0v) is 33.5. The first-order valence-corrected chi connectivity index (χ1v) is 16.5. The van der Waals surface area contributed by atoms with Crippen molar-refractivity contribution in [1.82, 2.24) is 0 Å². The van der Waals surface area contributed by atoms with Crippen LogP contribution in [-0.4, -0.2) is 0 Å². The molecule has 0 unspecified atom stereocenters.